The van der Waals surface area contributed by atoms with Crippen molar-refractivity contribution < 1.29 is 0 Å². The van der Waals surface area contributed by atoms with E-state index >= 15 is 0 Å². The van der Waals surface area contributed by atoms with Crippen LogP contribution in [-0.2, 0) is 6.42 Å². The van der Waals surface area contributed by atoms with Crippen molar-refractivity contribution in [2.75, 3.05) is 13.1 Å². The van der Waals surface area contributed by atoms with Crippen molar-refractivity contribution in [2.45, 2.75) is 53.4 Å². The number of hydrogen-bond acceptors (Lipinski definition) is 1. The van der Waals surface area contributed by atoms with E-state index in [0.717, 1.165) is 30.5 Å². The molecule has 21 heavy (non-hydrogen) atoms. The average molecular weight is 310 g/mol. The van der Waals surface area contributed by atoms with Gasteiger partial charge in [-0.3, -0.25) is 0 Å². The van der Waals surface area contributed by atoms with Gasteiger partial charge in [0, 0.05) is 5.02 Å². The lowest BCUT2D eigenvalue weighted by Gasteiger charge is -2.22. The second-order valence-electron chi connectivity index (χ2n) is 6.88. The smallest absolute Gasteiger partial charge is 0.0406 e. The highest BCUT2D eigenvalue weighted by molar-refractivity contribution is 6.30. The van der Waals surface area contributed by atoms with Crippen LogP contribution in [0.25, 0.3) is 0 Å². The zero-order valence-electron chi connectivity index (χ0n) is 14.2. The van der Waals surface area contributed by atoms with Gasteiger partial charge in [-0.05, 0) is 61.4 Å². The van der Waals surface area contributed by atoms with Crippen molar-refractivity contribution in [1.29, 1.82) is 0 Å². The standard InChI is InChI=1S/C19H32ClN/c1-5-6-16(4)11-18(14-21-13-15(2)3)12-17-7-9-19(20)10-8-17/h7-10,15-16,18,21H,5-6,11-14H2,1-4H3. The molecule has 1 nitrogen and oxygen atoms in total. The van der Waals surface area contributed by atoms with Crippen LogP contribution in [0, 0.1) is 17.8 Å². The third-order valence-electron chi connectivity index (χ3n) is 3.94. The summed E-state index contributed by atoms with van der Waals surface area (Å²) in [6.07, 6.45) is 5.08. The van der Waals surface area contributed by atoms with Crippen molar-refractivity contribution in [3.05, 3.63) is 34.9 Å². The van der Waals surface area contributed by atoms with Gasteiger partial charge in [-0.2, -0.15) is 0 Å². The second-order valence-corrected chi connectivity index (χ2v) is 7.31. The van der Waals surface area contributed by atoms with E-state index in [1.807, 2.05) is 12.1 Å². The fraction of sp³-hybridized carbons (Fsp3) is 0.684. The molecular weight excluding hydrogens is 278 g/mol. The zero-order chi connectivity index (χ0) is 15.7. The van der Waals surface area contributed by atoms with Gasteiger partial charge in [0.05, 0.1) is 0 Å². The predicted molar refractivity (Wildman–Crippen MR) is 95.0 cm³/mol. The Kier molecular flexibility index (Phi) is 9.03. The molecular formula is C19H32ClN. The molecule has 0 aliphatic rings. The fourth-order valence-electron chi connectivity index (χ4n) is 2.95. The van der Waals surface area contributed by atoms with Crippen LogP contribution >= 0.6 is 11.6 Å². The number of halogens is 1. The van der Waals surface area contributed by atoms with Gasteiger partial charge in [0.2, 0.25) is 0 Å². The molecule has 0 saturated carbocycles. The highest BCUT2D eigenvalue weighted by atomic mass is 35.5. The van der Waals surface area contributed by atoms with E-state index in [1.54, 1.807) is 0 Å². The SMILES string of the molecule is CCCC(C)CC(CNCC(C)C)Cc1ccc(Cl)cc1. The van der Waals surface area contributed by atoms with Gasteiger partial charge in [-0.1, -0.05) is 64.3 Å². The molecule has 0 aromatic heterocycles. The first-order valence-electron chi connectivity index (χ1n) is 8.46. The van der Waals surface area contributed by atoms with Crippen LogP contribution in [0.3, 0.4) is 0 Å². The molecule has 0 aliphatic carbocycles. The van der Waals surface area contributed by atoms with Crippen LogP contribution in [0.1, 0.15) is 52.5 Å². The normalized spacial score (nSPS) is 14.4. The van der Waals surface area contributed by atoms with E-state index in [1.165, 1.54) is 24.8 Å². The predicted octanol–water partition coefficient (Wildman–Crippen LogP) is 5.57. The van der Waals surface area contributed by atoms with Crippen molar-refractivity contribution in [1.82, 2.24) is 5.32 Å². The molecule has 1 aromatic carbocycles. The molecule has 0 bridgehead atoms. The van der Waals surface area contributed by atoms with E-state index in [4.69, 9.17) is 11.6 Å². The van der Waals surface area contributed by atoms with E-state index < -0.39 is 0 Å². The summed E-state index contributed by atoms with van der Waals surface area (Å²) in [5.41, 5.74) is 1.40. The second kappa shape index (κ2) is 10.2. The van der Waals surface area contributed by atoms with Crippen LogP contribution in [0.15, 0.2) is 24.3 Å². The molecule has 0 radical (unpaired) electrons. The van der Waals surface area contributed by atoms with Crippen molar-refractivity contribution in [2.24, 2.45) is 17.8 Å². The van der Waals surface area contributed by atoms with Crippen LogP contribution < -0.4 is 5.32 Å². The maximum absolute atomic E-state index is 5.98. The Bertz CT molecular complexity index is 372. The summed E-state index contributed by atoms with van der Waals surface area (Å²) < 4.78 is 0. The van der Waals surface area contributed by atoms with Gasteiger partial charge >= 0.3 is 0 Å². The molecule has 1 N–H and O–H groups in total. The molecule has 2 unspecified atom stereocenters. The first-order valence-corrected chi connectivity index (χ1v) is 8.84. The molecule has 0 saturated heterocycles. The molecule has 0 heterocycles. The Labute approximate surface area is 136 Å². The molecule has 2 heteroatoms. The van der Waals surface area contributed by atoms with Crippen molar-refractivity contribution >= 4 is 11.6 Å². The maximum Gasteiger partial charge on any atom is 0.0406 e. The van der Waals surface area contributed by atoms with Crippen LogP contribution in [-0.4, -0.2) is 13.1 Å². The Morgan fingerprint density at radius 2 is 1.71 bits per heavy atom. The van der Waals surface area contributed by atoms with E-state index in [9.17, 15) is 0 Å². The van der Waals surface area contributed by atoms with Gasteiger partial charge in [-0.15, -0.1) is 0 Å². The van der Waals surface area contributed by atoms with Crippen molar-refractivity contribution in [3.8, 4) is 0 Å². The highest BCUT2D eigenvalue weighted by Crippen LogP contribution is 2.21. The average Bonchev–Trinajstić information content (AvgIpc) is 2.41. The molecule has 0 fully saturated rings. The fourth-order valence-corrected chi connectivity index (χ4v) is 3.07. The highest BCUT2D eigenvalue weighted by Gasteiger charge is 2.14. The molecule has 1 aromatic rings. The Morgan fingerprint density at radius 1 is 1.05 bits per heavy atom. The molecule has 1 rings (SSSR count). The summed E-state index contributed by atoms with van der Waals surface area (Å²) in [6.45, 7) is 11.4. The third-order valence-corrected chi connectivity index (χ3v) is 4.19. The Balaban J connectivity index is 2.55. The Hall–Kier alpha value is -0.530. The van der Waals surface area contributed by atoms with E-state index in [-0.39, 0.29) is 0 Å². The van der Waals surface area contributed by atoms with Gasteiger partial charge in [-0.25, -0.2) is 0 Å². The van der Waals surface area contributed by atoms with Gasteiger partial charge < -0.3 is 5.32 Å². The topological polar surface area (TPSA) is 12.0 Å². The molecule has 120 valence electrons. The van der Waals surface area contributed by atoms with Crippen LogP contribution in [0.5, 0.6) is 0 Å². The summed E-state index contributed by atoms with van der Waals surface area (Å²) in [6, 6.07) is 8.35. The summed E-state index contributed by atoms with van der Waals surface area (Å²) >= 11 is 5.98. The van der Waals surface area contributed by atoms with Crippen LogP contribution in [0.2, 0.25) is 5.02 Å². The van der Waals surface area contributed by atoms with E-state index in [0.29, 0.717) is 11.8 Å². The minimum absolute atomic E-state index is 0.714. The van der Waals surface area contributed by atoms with Gasteiger partial charge in [0.25, 0.3) is 0 Å². The molecule has 2 atom stereocenters. The minimum atomic E-state index is 0.714. The third kappa shape index (κ3) is 8.48. The number of benzene rings is 1. The molecule has 0 aliphatic heterocycles. The van der Waals surface area contributed by atoms with Gasteiger partial charge in [0.15, 0.2) is 0 Å². The lowest BCUT2D eigenvalue weighted by atomic mass is 9.88. The summed E-state index contributed by atoms with van der Waals surface area (Å²) in [4.78, 5) is 0. The lowest BCUT2D eigenvalue weighted by molar-refractivity contribution is 0.348. The molecule has 0 amide bonds. The Morgan fingerprint density at radius 3 is 2.29 bits per heavy atom. The number of nitrogens with one attached hydrogen (secondary N) is 1. The zero-order valence-corrected chi connectivity index (χ0v) is 14.9. The van der Waals surface area contributed by atoms with Crippen molar-refractivity contribution in [3.63, 3.8) is 0 Å². The van der Waals surface area contributed by atoms with E-state index in [2.05, 4.69) is 45.1 Å². The number of rotatable bonds is 10. The minimum Gasteiger partial charge on any atom is -0.316 e. The maximum atomic E-state index is 5.98. The number of hydrogen-bond donors (Lipinski definition) is 1. The largest absolute Gasteiger partial charge is 0.316 e. The summed E-state index contributed by atoms with van der Waals surface area (Å²) in [5, 5.41) is 4.46. The quantitative estimate of drug-likeness (QED) is 0.595. The lowest BCUT2D eigenvalue weighted by Crippen LogP contribution is -2.28. The summed E-state index contributed by atoms with van der Waals surface area (Å²) in [5.74, 6) is 2.24. The monoisotopic (exact) mass is 309 g/mol. The summed E-state index contributed by atoms with van der Waals surface area (Å²) in [7, 11) is 0. The molecule has 0 spiro atoms. The first-order chi connectivity index (χ1) is 10.0. The first kappa shape index (κ1) is 18.5. The van der Waals surface area contributed by atoms with Gasteiger partial charge in [0.1, 0.15) is 0 Å². The van der Waals surface area contributed by atoms with Crippen LogP contribution in [0.4, 0.5) is 0 Å².